The summed E-state index contributed by atoms with van der Waals surface area (Å²) in [6, 6.07) is 3.49. The van der Waals surface area contributed by atoms with E-state index in [9.17, 15) is 13.6 Å². The Kier molecular flexibility index (Phi) is 5.03. The van der Waals surface area contributed by atoms with Gasteiger partial charge in [-0.25, -0.2) is 8.78 Å². The van der Waals surface area contributed by atoms with Crippen LogP contribution < -0.4 is 5.32 Å². The molecule has 0 aliphatic carbocycles. The molecule has 0 fully saturated rings. The third kappa shape index (κ3) is 3.78. The Bertz CT molecular complexity index is 396. The molecule has 0 aromatic heterocycles. The Morgan fingerprint density at radius 1 is 1.47 bits per heavy atom. The van der Waals surface area contributed by atoms with Crippen LogP contribution in [0.2, 0.25) is 0 Å². The summed E-state index contributed by atoms with van der Waals surface area (Å²) in [6.07, 6.45) is -0.166. The summed E-state index contributed by atoms with van der Waals surface area (Å²) in [5.41, 5.74) is -0.298. The summed E-state index contributed by atoms with van der Waals surface area (Å²) in [6.45, 7) is 4.41. The molecule has 0 bridgehead atoms. The molecular formula is C12H15F2NO2. The molecule has 17 heavy (non-hydrogen) atoms. The first-order valence-corrected chi connectivity index (χ1v) is 5.40. The van der Waals surface area contributed by atoms with Crippen molar-refractivity contribution < 1.29 is 18.3 Å². The van der Waals surface area contributed by atoms with Crippen LogP contribution in [-0.4, -0.2) is 25.2 Å². The molecule has 1 unspecified atom stereocenters. The largest absolute Gasteiger partial charge is 0.377 e. The fourth-order valence-corrected chi connectivity index (χ4v) is 1.35. The van der Waals surface area contributed by atoms with E-state index in [1.807, 2.05) is 6.92 Å². The van der Waals surface area contributed by atoms with Crippen LogP contribution in [0.25, 0.3) is 0 Å². The fraction of sp³-hybridized carbons (Fsp3) is 0.417. The van der Waals surface area contributed by atoms with E-state index in [2.05, 4.69) is 5.32 Å². The smallest absolute Gasteiger partial charge is 0.254 e. The minimum absolute atomic E-state index is 0.166. The number of nitrogens with one attached hydrogen (secondary N) is 1. The zero-order chi connectivity index (χ0) is 12.8. The first-order valence-electron chi connectivity index (χ1n) is 5.40. The summed E-state index contributed by atoms with van der Waals surface area (Å²) < 4.78 is 31.3. The molecule has 0 aliphatic heterocycles. The van der Waals surface area contributed by atoms with Gasteiger partial charge in [-0.1, -0.05) is 6.07 Å². The molecule has 1 aromatic rings. The lowest BCUT2D eigenvalue weighted by Crippen LogP contribution is -2.32. The van der Waals surface area contributed by atoms with Crippen molar-refractivity contribution >= 4 is 5.91 Å². The van der Waals surface area contributed by atoms with Gasteiger partial charge < -0.3 is 10.1 Å². The van der Waals surface area contributed by atoms with Gasteiger partial charge in [-0.2, -0.15) is 0 Å². The van der Waals surface area contributed by atoms with Crippen LogP contribution in [-0.2, 0) is 4.74 Å². The van der Waals surface area contributed by atoms with Crippen LogP contribution >= 0.6 is 0 Å². The van der Waals surface area contributed by atoms with Crippen LogP contribution in [0.3, 0.4) is 0 Å². The summed E-state index contributed by atoms with van der Waals surface area (Å²) in [5, 5.41) is 2.48. The van der Waals surface area contributed by atoms with Crippen LogP contribution in [0.1, 0.15) is 24.2 Å². The Balaban J connectivity index is 2.61. The zero-order valence-electron chi connectivity index (χ0n) is 9.80. The third-order valence-electron chi connectivity index (χ3n) is 2.20. The van der Waals surface area contributed by atoms with Crippen molar-refractivity contribution in [2.45, 2.75) is 20.0 Å². The van der Waals surface area contributed by atoms with Gasteiger partial charge in [0.1, 0.15) is 0 Å². The van der Waals surface area contributed by atoms with E-state index in [-0.39, 0.29) is 18.2 Å². The van der Waals surface area contributed by atoms with E-state index in [0.29, 0.717) is 6.61 Å². The minimum Gasteiger partial charge on any atom is -0.377 e. The number of amides is 1. The molecule has 0 heterocycles. The highest BCUT2D eigenvalue weighted by atomic mass is 19.2. The lowest BCUT2D eigenvalue weighted by atomic mass is 10.2. The Labute approximate surface area is 98.8 Å². The maximum Gasteiger partial charge on any atom is 0.254 e. The van der Waals surface area contributed by atoms with Crippen LogP contribution in [0.15, 0.2) is 18.2 Å². The van der Waals surface area contributed by atoms with Gasteiger partial charge in [-0.15, -0.1) is 0 Å². The number of ether oxygens (including phenoxy) is 1. The number of hydrogen-bond donors (Lipinski definition) is 1. The molecule has 0 radical (unpaired) electrons. The molecule has 0 aliphatic rings. The van der Waals surface area contributed by atoms with Gasteiger partial charge >= 0.3 is 0 Å². The van der Waals surface area contributed by atoms with Gasteiger partial charge in [0.25, 0.3) is 5.91 Å². The van der Waals surface area contributed by atoms with Gasteiger partial charge in [-0.05, 0) is 26.0 Å². The summed E-state index contributed by atoms with van der Waals surface area (Å²) in [7, 11) is 0. The zero-order valence-corrected chi connectivity index (χ0v) is 9.80. The van der Waals surface area contributed by atoms with Gasteiger partial charge in [0.05, 0.1) is 11.7 Å². The first-order chi connectivity index (χ1) is 8.06. The predicted molar refractivity (Wildman–Crippen MR) is 59.8 cm³/mol. The molecule has 1 N–H and O–H groups in total. The molecule has 5 heteroatoms. The van der Waals surface area contributed by atoms with Gasteiger partial charge in [-0.3, -0.25) is 4.79 Å². The highest BCUT2D eigenvalue weighted by molar-refractivity contribution is 5.94. The summed E-state index contributed by atoms with van der Waals surface area (Å²) in [5.74, 6) is -2.81. The normalized spacial score (nSPS) is 12.2. The van der Waals surface area contributed by atoms with Crippen molar-refractivity contribution in [3.8, 4) is 0 Å². The van der Waals surface area contributed by atoms with E-state index in [1.165, 1.54) is 12.1 Å². The maximum atomic E-state index is 13.3. The maximum absolute atomic E-state index is 13.3. The van der Waals surface area contributed by atoms with Crippen molar-refractivity contribution in [3.63, 3.8) is 0 Å². The fourth-order valence-electron chi connectivity index (χ4n) is 1.35. The highest BCUT2D eigenvalue weighted by Gasteiger charge is 2.15. The van der Waals surface area contributed by atoms with E-state index >= 15 is 0 Å². The minimum atomic E-state index is -1.13. The first kappa shape index (κ1) is 13.6. The van der Waals surface area contributed by atoms with Crippen LogP contribution in [0.4, 0.5) is 8.78 Å². The molecular weight excluding hydrogens is 228 g/mol. The predicted octanol–water partition coefficient (Wildman–Crippen LogP) is 2.12. The molecule has 0 saturated carbocycles. The Hall–Kier alpha value is -1.49. The monoisotopic (exact) mass is 243 g/mol. The van der Waals surface area contributed by atoms with Crippen molar-refractivity contribution in [1.82, 2.24) is 5.32 Å². The number of benzene rings is 1. The number of rotatable bonds is 5. The molecule has 1 amide bonds. The van der Waals surface area contributed by atoms with Crippen molar-refractivity contribution in [2.24, 2.45) is 0 Å². The lowest BCUT2D eigenvalue weighted by molar-refractivity contribution is 0.0693. The van der Waals surface area contributed by atoms with Gasteiger partial charge in [0.15, 0.2) is 11.6 Å². The molecule has 3 nitrogen and oxygen atoms in total. The number of carbonyl (C=O) groups excluding carboxylic acids is 1. The molecule has 0 saturated heterocycles. The average Bonchev–Trinajstić information content (AvgIpc) is 2.30. The highest BCUT2D eigenvalue weighted by Crippen LogP contribution is 2.10. The molecule has 1 aromatic carbocycles. The second-order valence-electron chi connectivity index (χ2n) is 3.58. The molecule has 0 spiro atoms. The third-order valence-corrected chi connectivity index (χ3v) is 2.20. The van der Waals surface area contributed by atoms with Crippen molar-refractivity contribution in [2.75, 3.05) is 13.2 Å². The summed E-state index contributed by atoms with van der Waals surface area (Å²) >= 11 is 0. The van der Waals surface area contributed by atoms with Gasteiger partial charge in [0, 0.05) is 13.2 Å². The Morgan fingerprint density at radius 3 is 2.82 bits per heavy atom. The van der Waals surface area contributed by atoms with Crippen molar-refractivity contribution in [1.29, 1.82) is 0 Å². The number of halogens is 2. The number of carbonyl (C=O) groups is 1. The molecule has 1 atom stereocenters. The van der Waals surface area contributed by atoms with E-state index in [4.69, 9.17) is 4.74 Å². The second kappa shape index (κ2) is 6.30. The quantitative estimate of drug-likeness (QED) is 0.860. The second-order valence-corrected chi connectivity index (χ2v) is 3.58. The van der Waals surface area contributed by atoms with E-state index in [1.54, 1.807) is 6.92 Å². The summed E-state index contributed by atoms with van der Waals surface area (Å²) in [4.78, 5) is 11.6. The standard InChI is InChI=1S/C12H15F2NO2/c1-3-17-8(2)7-15-12(16)9-5-4-6-10(13)11(9)14/h4-6,8H,3,7H2,1-2H3,(H,15,16). The van der Waals surface area contributed by atoms with Gasteiger partial charge in [0.2, 0.25) is 0 Å². The van der Waals surface area contributed by atoms with Crippen LogP contribution in [0.5, 0.6) is 0 Å². The SMILES string of the molecule is CCOC(C)CNC(=O)c1cccc(F)c1F. The average molecular weight is 243 g/mol. The Morgan fingerprint density at radius 2 is 2.18 bits per heavy atom. The molecule has 94 valence electrons. The number of hydrogen-bond acceptors (Lipinski definition) is 2. The topological polar surface area (TPSA) is 38.3 Å². The van der Waals surface area contributed by atoms with E-state index < -0.39 is 17.5 Å². The molecule has 1 rings (SSSR count). The van der Waals surface area contributed by atoms with Crippen LogP contribution in [0, 0.1) is 11.6 Å². The van der Waals surface area contributed by atoms with Crippen molar-refractivity contribution in [3.05, 3.63) is 35.4 Å². The lowest BCUT2D eigenvalue weighted by Gasteiger charge is -2.12. The van der Waals surface area contributed by atoms with E-state index in [0.717, 1.165) is 6.07 Å².